The lowest BCUT2D eigenvalue weighted by atomic mass is 10.0. The molecule has 1 aliphatic carbocycles. The number of halogens is 8. The van der Waals surface area contributed by atoms with Gasteiger partial charge in [0.15, 0.2) is 11.4 Å². The van der Waals surface area contributed by atoms with Crippen LogP contribution in [-0.2, 0) is 19.5 Å². The van der Waals surface area contributed by atoms with E-state index in [4.69, 9.17) is 11.6 Å². The van der Waals surface area contributed by atoms with Gasteiger partial charge in [0.05, 0.1) is 41.8 Å². The van der Waals surface area contributed by atoms with E-state index in [2.05, 4.69) is 30.0 Å². The monoisotopic (exact) mass is 948 g/mol. The van der Waals surface area contributed by atoms with Crippen molar-refractivity contribution < 1.29 is 40.3 Å². The first-order valence-electron chi connectivity index (χ1n) is 21.5. The molecule has 1 amide bonds. The predicted octanol–water partition coefficient (Wildman–Crippen LogP) is 9.30. The van der Waals surface area contributed by atoms with Gasteiger partial charge in [-0.1, -0.05) is 29.8 Å². The number of anilines is 2. The number of nitrogens with one attached hydrogen (secondary N) is 1. The largest absolute Gasteiger partial charge is 0.573 e. The number of carbonyl (C=O) groups is 1. The SMILES string of the molecule is Cc1nc(Nc2ccccc2OC(F)(F)F)nc2c1n(-c1ccc(C(=O)N3CCc4c(n(Cc5ccc(Cl)cc5F)c5ncccc45)C3)nc1)c(=O)n2C1CCN(CC2(C(F)(F)F)CC2)CC1. The van der Waals surface area contributed by atoms with Crippen molar-refractivity contribution in [3.05, 3.63) is 129 Å². The number of fused-ring (bicyclic) bond motifs is 4. The summed E-state index contributed by atoms with van der Waals surface area (Å²) in [5.74, 6) is -1.52. The van der Waals surface area contributed by atoms with Crippen LogP contribution in [0.5, 0.6) is 5.75 Å². The summed E-state index contributed by atoms with van der Waals surface area (Å²) >= 11 is 6.03. The number of para-hydroxylation sites is 2. The molecule has 0 radical (unpaired) electrons. The Bertz CT molecular complexity index is 3120. The van der Waals surface area contributed by atoms with E-state index in [-0.39, 0.29) is 96.4 Å². The molecule has 7 aromatic rings. The van der Waals surface area contributed by atoms with Gasteiger partial charge in [-0.05, 0) is 93.1 Å². The molecule has 2 aromatic carbocycles. The summed E-state index contributed by atoms with van der Waals surface area (Å²) in [4.78, 5) is 50.6. The number of pyridine rings is 2. The van der Waals surface area contributed by atoms with Crippen LogP contribution in [0.1, 0.15) is 64.7 Å². The fourth-order valence-corrected chi connectivity index (χ4v) is 9.64. The highest BCUT2D eigenvalue weighted by atomic mass is 35.5. The van der Waals surface area contributed by atoms with Gasteiger partial charge in [0.25, 0.3) is 5.91 Å². The number of aromatic nitrogens is 7. The number of alkyl halides is 6. The molecule has 21 heteroatoms. The van der Waals surface area contributed by atoms with Crippen molar-refractivity contribution in [1.29, 1.82) is 0 Å². The number of nitrogens with zero attached hydrogens (tertiary/aromatic N) is 9. The lowest BCUT2D eigenvalue weighted by Crippen LogP contribution is -2.43. The van der Waals surface area contributed by atoms with Gasteiger partial charge in [0, 0.05) is 60.1 Å². The molecule has 1 N–H and O–H groups in total. The smallest absolute Gasteiger partial charge is 0.404 e. The van der Waals surface area contributed by atoms with Gasteiger partial charge in [0.1, 0.15) is 22.7 Å². The fourth-order valence-electron chi connectivity index (χ4n) is 9.48. The summed E-state index contributed by atoms with van der Waals surface area (Å²) in [6.07, 6.45) is -5.00. The zero-order chi connectivity index (χ0) is 47.0. The molecule has 0 spiro atoms. The average Bonchev–Trinajstić information content (AvgIpc) is 3.95. The molecule has 0 unspecified atom stereocenters. The first-order valence-corrected chi connectivity index (χ1v) is 21.9. The molecule has 1 saturated heterocycles. The number of likely N-dealkylation sites (tertiary alicyclic amines) is 1. The summed E-state index contributed by atoms with van der Waals surface area (Å²) < 4.78 is 106. The number of carbonyl (C=O) groups excluding carboxylic acids is 1. The van der Waals surface area contributed by atoms with Crippen molar-refractivity contribution >= 4 is 51.3 Å². The van der Waals surface area contributed by atoms with Gasteiger partial charge in [-0.25, -0.2) is 24.1 Å². The summed E-state index contributed by atoms with van der Waals surface area (Å²) in [6.45, 7) is 2.74. The van der Waals surface area contributed by atoms with E-state index in [1.807, 2.05) is 16.7 Å². The highest BCUT2D eigenvalue weighted by Crippen LogP contribution is 2.58. The van der Waals surface area contributed by atoms with Crippen molar-refractivity contribution in [2.75, 3.05) is 31.5 Å². The number of aryl methyl sites for hydroxylation is 1. The molecule has 10 rings (SSSR count). The van der Waals surface area contributed by atoms with Crippen LogP contribution in [-0.4, -0.2) is 88.1 Å². The molecule has 348 valence electrons. The van der Waals surface area contributed by atoms with Crippen molar-refractivity contribution in [1.82, 2.24) is 43.4 Å². The van der Waals surface area contributed by atoms with E-state index in [0.29, 0.717) is 37.0 Å². The minimum Gasteiger partial charge on any atom is -0.404 e. The third kappa shape index (κ3) is 8.34. The van der Waals surface area contributed by atoms with Crippen molar-refractivity contribution in [2.45, 2.75) is 70.7 Å². The highest BCUT2D eigenvalue weighted by molar-refractivity contribution is 6.30. The number of hydrogen-bond donors (Lipinski definition) is 1. The van der Waals surface area contributed by atoms with Crippen LogP contribution in [0.15, 0.2) is 83.9 Å². The Morgan fingerprint density at radius 2 is 1.72 bits per heavy atom. The van der Waals surface area contributed by atoms with Gasteiger partial charge >= 0.3 is 18.2 Å². The van der Waals surface area contributed by atoms with Crippen LogP contribution in [0.4, 0.5) is 42.4 Å². The van der Waals surface area contributed by atoms with Crippen molar-refractivity contribution in [3.8, 4) is 11.4 Å². The summed E-state index contributed by atoms with van der Waals surface area (Å²) in [5.41, 5.74) is 1.51. The number of rotatable bonds is 10. The zero-order valence-electron chi connectivity index (χ0n) is 35.6. The van der Waals surface area contributed by atoms with E-state index in [9.17, 15) is 35.9 Å². The Morgan fingerprint density at radius 3 is 2.42 bits per heavy atom. The first kappa shape index (κ1) is 44.3. The van der Waals surface area contributed by atoms with E-state index < -0.39 is 41.3 Å². The number of piperidine rings is 1. The van der Waals surface area contributed by atoms with Crippen LogP contribution in [0.3, 0.4) is 0 Å². The van der Waals surface area contributed by atoms with Crippen LogP contribution in [0, 0.1) is 18.2 Å². The Labute approximate surface area is 381 Å². The predicted molar refractivity (Wildman–Crippen MR) is 233 cm³/mol. The minimum atomic E-state index is -4.99. The van der Waals surface area contributed by atoms with Crippen molar-refractivity contribution in [3.63, 3.8) is 0 Å². The minimum absolute atomic E-state index is 0.0699. The molecule has 13 nitrogen and oxygen atoms in total. The van der Waals surface area contributed by atoms with Crippen LogP contribution >= 0.6 is 11.6 Å². The maximum absolute atomic E-state index is 15.0. The van der Waals surface area contributed by atoms with Crippen LogP contribution in [0.2, 0.25) is 5.02 Å². The normalized spacial score (nSPS) is 16.7. The van der Waals surface area contributed by atoms with Crippen molar-refractivity contribution in [2.24, 2.45) is 5.41 Å². The maximum atomic E-state index is 15.0. The molecule has 2 fully saturated rings. The molecule has 7 heterocycles. The van der Waals surface area contributed by atoms with Gasteiger partial charge in [-0.3, -0.25) is 13.9 Å². The number of imidazole rings is 1. The number of hydrogen-bond acceptors (Lipinski definition) is 9. The average molecular weight is 949 g/mol. The Balaban J connectivity index is 0.965. The maximum Gasteiger partial charge on any atom is 0.573 e. The van der Waals surface area contributed by atoms with Gasteiger partial charge in [-0.2, -0.15) is 18.2 Å². The Morgan fingerprint density at radius 1 is 0.940 bits per heavy atom. The topological polar surface area (TPSA) is 128 Å². The third-order valence-electron chi connectivity index (χ3n) is 13.0. The summed E-state index contributed by atoms with van der Waals surface area (Å²) in [7, 11) is 0. The number of amides is 1. The lowest BCUT2D eigenvalue weighted by Gasteiger charge is -2.35. The third-order valence-corrected chi connectivity index (χ3v) is 13.3. The fraction of sp³-hybridized carbons (Fsp3) is 0.348. The second-order valence-electron chi connectivity index (χ2n) is 17.2. The van der Waals surface area contributed by atoms with E-state index in [0.717, 1.165) is 22.7 Å². The van der Waals surface area contributed by atoms with E-state index in [1.54, 1.807) is 41.1 Å². The highest BCUT2D eigenvalue weighted by Gasteiger charge is 2.63. The summed E-state index contributed by atoms with van der Waals surface area (Å²) in [5, 5.41) is 3.98. The zero-order valence-corrected chi connectivity index (χ0v) is 36.4. The standard InChI is InChI=1S/C46H40ClF7N10O3/c1-26-38-40(59-42(57-26)58-34-6-2-3-7-37(34)67-46(52,53)54)64(29-12-18-60(19-13-29)25-44(15-16-44)45(49,50)51)43(66)63(38)30-10-11-35(56-22-30)41(65)61-20-14-31-32-5-4-17-55-39(32)62(36(31)24-61)23-27-8-9-28(47)21-33(27)48/h2-11,17,21-22,29H,12-16,18-20,23-25H2,1H3,(H,57,58,59). The Kier molecular flexibility index (Phi) is 11.0. The molecule has 67 heavy (non-hydrogen) atoms. The number of benzene rings is 2. The molecular formula is C46H40ClF7N10O3. The van der Waals surface area contributed by atoms with Crippen LogP contribution < -0.4 is 15.7 Å². The Hall–Kier alpha value is -6.54. The second-order valence-corrected chi connectivity index (χ2v) is 17.7. The van der Waals surface area contributed by atoms with Gasteiger partial charge < -0.3 is 24.4 Å². The molecular weight excluding hydrogens is 909 g/mol. The van der Waals surface area contributed by atoms with E-state index >= 15 is 4.39 Å². The number of ether oxygens (including phenoxy) is 1. The molecule has 3 aliphatic rings. The molecule has 0 bridgehead atoms. The second kappa shape index (κ2) is 16.7. The van der Waals surface area contributed by atoms with Gasteiger partial charge in [0.2, 0.25) is 5.95 Å². The van der Waals surface area contributed by atoms with E-state index in [1.165, 1.54) is 45.7 Å². The first-order chi connectivity index (χ1) is 32.0. The quantitative estimate of drug-likeness (QED) is 0.134. The van der Waals surface area contributed by atoms with Crippen LogP contribution in [0.25, 0.3) is 27.9 Å². The molecule has 2 aliphatic heterocycles. The lowest BCUT2D eigenvalue weighted by molar-refractivity contribution is -0.274. The summed E-state index contributed by atoms with van der Waals surface area (Å²) in [6, 6.07) is 16.1. The molecule has 0 atom stereocenters. The van der Waals surface area contributed by atoms with Gasteiger partial charge in [-0.15, -0.1) is 13.2 Å². The molecule has 5 aromatic heterocycles. The molecule has 1 saturated carbocycles.